The highest BCUT2D eigenvalue weighted by Crippen LogP contribution is 2.30. The van der Waals surface area contributed by atoms with Crippen molar-refractivity contribution in [2.45, 2.75) is 38.1 Å². The van der Waals surface area contributed by atoms with Crippen molar-refractivity contribution < 1.29 is 0 Å². The maximum absolute atomic E-state index is 9.02. The van der Waals surface area contributed by atoms with E-state index >= 15 is 0 Å². The predicted octanol–water partition coefficient (Wildman–Crippen LogP) is 2.37. The summed E-state index contributed by atoms with van der Waals surface area (Å²) in [5.74, 6) is 0. The zero-order chi connectivity index (χ0) is 10.9. The Morgan fingerprint density at radius 2 is 2.47 bits per heavy atom. The lowest BCUT2D eigenvalue weighted by atomic mass is 9.97. The molecule has 1 fully saturated rings. The van der Waals surface area contributed by atoms with E-state index in [0.717, 1.165) is 23.7 Å². The molecule has 0 amide bonds. The third-order valence-electron chi connectivity index (χ3n) is 2.75. The van der Waals surface area contributed by atoms with E-state index in [2.05, 4.69) is 21.8 Å². The fourth-order valence-electron chi connectivity index (χ4n) is 1.72. The number of rotatable bonds is 2. The van der Waals surface area contributed by atoms with Crippen LogP contribution in [0.25, 0.3) is 0 Å². The van der Waals surface area contributed by atoms with Crippen molar-refractivity contribution in [2.24, 2.45) is 0 Å². The third kappa shape index (κ3) is 2.04. The van der Waals surface area contributed by atoms with Gasteiger partial charge in [-0.1, -0.05) is 0 Å². The van der Waals surface area contributed by atoms with E-state index in [-0.39, 0.29) is 0 Å². The molecule has 0 spiro atoms. The van der Waals surface area contributed by atoms with Crippen LogP contribution in [-0.4, -0.2) is 11.5 Å². The monoisotopic (exact) mass is 221 g/mol. The van der Waals surface area contributed by atoms with Crippen molar-refractivity contribution in [1.82, 2.24) is 10.3 Å². The van der Waals surface area contributed by atoms with Gasteiger partial charge in [-0.15, -0.1) is 11.3 Å². The first-order valence-corrected chi connectivity index (χ1v) is 6.12. The Balaban J connectivity index is 2.21. The molecule has 1 N–H and O–H groups in total. The Morgan fingerprint density at radius 1 is 1.67 bits per heavy atom. The van der Waals surface area contributed by atoms with E-state index in [1.165, 1.54) is 6.42 Å². The van der Waals surface area contributed by atoms with Crippen molar-refractivity contribution in [1.29, 1.82) is 5.26 Å². The summed E-state index contributed by atoms with van der Waals surface area (Å²) in [7, 11) is 0. The molecule has 0 saturated carbocycles. The minimum atomic E-state index is -0.457. The van der Waals surface area contributed by atoms with Gasteiger partial charge >= 0.3 is 0 Å². The third-order valence-corrected chi connectivity index (χ3v) is 3.94. The summed E-state index contributed by atoms with van der Waals surface area (Å²) in [5, 5.41) is 15.4. The first-order chi connectivity index (χ1) is 7.13. The molecule has 0 radical (unpaired) electrons. The molecule has 2 rings (SSSR count). The van der Waals surface area contributed by atoms with E-state index < -0.39 is 5.41 Å². The molecular formula is C11H15N3S. The molecule has 1 aromatic heterocycles. The molecule has 1 aliphatic rings. The van der Waals surface area contributed by atoms with Crippen LogP contribution in [0.1, 0.15) is 43.4 Å². The van der Waals surface area contributed by atoms with Crippen LogP contribution in [0.3, 0.4) is 0 Å². The molecule has 3 nitrogen and oxygen atoms in total. The number of nitrogens with one attached hydrogen (secondary N) is 1. The average Bonchev–Trinajstić information content (AvgIpc) is 2.88. The van der Waals surface area contributed by atoms with Crippen molar-refractivity contribution in [3.05, 3.63) is 16.1 Å². The molecule has 0 bridgehead atoms. The minimum absolute atomic E-state index is 0.407. The zero-order valence-corrected chi connectivity index (χ0v) is 9.90. The van der Waals surface area contributed by atoms with Crippen LogP contribution >= 0.6 is 11.3 Å². The van der Waals surface area contributed by atoms with Gasteiger partial charge in [0.2, 0.25) is 0 Å². The molecule has 1 atom stereocenters. The van der Waals surface area contributed by atoms with Gasteiger partial charge in [0.15, 0.2) is 0 Å². The highest BCUT2D eigenvalue weighted by Gasteiger charge is 2.26. The van der Waals surface area contributed by atoms with Crippen molar-refractivity contribution in [2.75, 3.05) is 6.54 Å². The maximum Gasteiger partial charge on any atom is 0.113 e. The van der Waals surface area contributed by atoms with E-state index in [9.17, 15) is 0 Å². The number of nitriles is 1. The molecule has 0 aliphatic carbocycles. The number of nitrogens with zero attached hydrogens (tertiary/aromatic N) is 2. The lowest BCUT2D eigenvalue weighted by Crippen LogP contribution is -2.16. The van der Waals surface area contributed by atoms with Crippen LogP contribution in [0.15, 0.2) is 5.38 Å². The van der Waals surface area contributed by atoms with Gasteiger partial charge < -0.3 is 5.32 Å². The Kier molecular flexibility index (Phi) is 2.76. The maximum atomic E-state index is 9.02. The smallest absolute Gasteiger partial charge is 0.113 e. The van der Waals surface area contributed by atoms with Crippen LogP contribution in [0.5, 0.6) is 0 Å². The highest BCUT2D eigenvalue weighted by molar-refractivity contribution is 7.09. The van der Waals surface area contributed by atoms with Crippen LogP contribution in [0.2, 0.25) is 0 Å². The molecule has 2 heterocycles. The van der Waals surface area contributed by atoms with E-state index in [0.29, 0.717) is 6.04 Å². The van der Waals surface area contributed by atoms with Crippen LogP contribution < -0.4 is 5.32 Å². The normalized spacial score (nSPS) is 21.5. The standard InChI is InChI=1S/C11H15N3S/c1-11(2,7-12)10-14-9(6-15-10)8-4-3-5-13-8/h6,8,13H,3-5H2,1-2H3/t8-/m0/s1. The molecule has 1 aliphatic heterocycles. The number of aromatic nitrogens is 1. The Morgan fingerprint density at radius 3 is 3.07 bits per heavy atom. The van der Waals surface area contributed by atoms with Crippen LogP contribution in [0, 0.1) is 11.3 Å². The molecule has 1 saturated heterocycles. The van der Waals surface area contributed by atoms with Gasteiger partial charge in [0.1, 0.15) is 10.4 Å². The fourth-order valence-corrected chi connectivity index (χ4v) is 2.67. The van der Waals surface area contributed by atoms with Gasteiger partial charge in [-0.05, 0) is 33.2 Å². The quantitative estimate of drug-likeness (QED) is 0.834. The molecule has 15 heavy (non-hydrogen) atoms. The van der Waals surface area contributed by atoms with Crippen molar-refractivity contribution in [3.8, 4) is 6.07 Å². The van der Waals surface area contributed by atoms with Crippen LogP contribution in [-0.2, 0) is 5.41 Å². The lowest BCUT2D eigenvalue weighted by Gasteiger charge is -2.11. The summed E-state index contributed by atoms with van der Waals surface area (Å²) < 4.78 is 0. The summed E-state index contributed by atoms with van der Waals surface area (Å²) >= 11 is 1.59. The second kappa shape index (κ2) is 3.92. The fraction of sp³-hybridized carbons (Fsp3) is 0.636. The van der Waals surface area contributed by atoms with Crippen molar-refractivity contribution in [3.63, 3.8) is 0 Å². The van der Waals surface area contributed by atoms with Gasteiger partial charge in [-0.3, -0.25) is 0 Å². The Hall–Kier alpha value is -0.920. The second-order valence-corrected chi connectivity index (χ2v) is 5.32. The van der Waals surface area contributed by atoms with Gasteiger partial charge in [0.05, 0.1) is 17.8 Å². The number of thiazole rings is 1. The molecule has 0 aromatic carbocycles. The Bertz CT molecular complexity index is 383. The first kappa shape index (κ1) is 10.6. The number of hydrogen-bond donors (Lipinski definition) is 1. The van der Waals surface area contributed by atoms with Crippen molar-refractivity contribution >= 4 is 11.3 Å². The Labute approximate surface area is 94.1 Å². The molecule has 1 aromatic rings. The zero-order valence-electron chi connectivity index (χ0n) is 9.08. The summed E-state index contributed by atoms with van der Waals surface area (Å²) in [6.45, 7) is 4.91. The number of hydrogen-bond acceptors (Lipinski definition) is 4. The molecular weight excluding hydrogens is 206 g/mol. The highest BCUT2D eigenvalue weighted by atomic mass is 32.1. The van der Waals surface area contributed by atoms with Gasteiger partial charge in [0, 0.05) is 5.38 Å². The topological polar surface area (TPSA) is 48.7 Å². The average molecular weight is 221 g/mol. The van der Waals surface area contributed by atoms with E-state index in [1.807, 2.05) is 13.8 Å². The molecule has 4 heteroatoms. The largest absolute Gasteiger partial charge is 0.309 e. The predicted molar refractivity (Wildman–Crippen MR) is 60.7 cm³/mol. The molecule has 80 valence electrons. The lowest BCUT2D eigenvalue weighted by molar-refractivity contribution is 0.615. The first-order valence-electron chi connectivity index (χ1n) is 5.24. The van der Waals surface area contributed by atoms with Gasteiger partial charge in [-0.2, -0.15) is 5.26 Å². The van der Waals surface area contributed by atoms with E-state index in [1.54, 1.807) is 11.3 Å². The van der Waals surface area contributed by atoms with Gasteiger partial charge in [0.25, 0.3) is 0 Å². The van der Waals surface area contributed by atoms with E-state index in [4.69, 9.17) is 5.26 Å². The summed E-state index contributed by atoms with van der Waals surface area (Å²) in [5.41, 5.74) is 0.650. The summed E-state index contributed by atoms with van der Waals surface area (Å²) in [4.78, 5) is 4.57. The summed E-state index contributed by atoms with van der Waals surface area (Å²) in [6.07, 6.45) is 2.38. The van der Waals surface area contributed by atoms with Crippen LogP contribution in [0.4, 0.5) is 0 Å². The molecule has 0 unspecified atom stereocenters. The summed E-state index contributed by atoms with van der Waals surface area (Å²) in [6, 6.07) is 2.70. The van der Waals surface area contributed by atoms with Gasteiger partial charge in [-0.25, -0.2) is 4.98 Å². The second-order valence-electron chi connectivity index (χ2n) is 4.46. The minimum Gasteiger partial charge on any atom is -0.309 e. The SMILES string of the molecule is CC(C)(C#N)c1nc([C@@H]2CCCN2)cs1.